The molecule has 1 spiro atoms. The first-order valence-electron chi connectivity index (χ1n) is 12.0. The summed E-state index contributed by atoms with van der Waals surface area (Å²) in [5, 5.41) is 6.70. The van der Waals surface area contributed by atoms with E-state index in [1.54, 1.807) is 0 Å². The molecular formula is C25H36N4O2. The summed E-state index contributed by atoms with van der Waals surface area (Å²) in [5.41, 5.74) is 3.47. The van der Waals surface area contributed by atoms with Crippen LogP contribution in [0.1, 0.15) is 50.7 Å². The standard InChI is InChI=1S/C25H36N4O2/c1-18-23(27-19(2)31-18)24(30)29-16-21-5-3-4-6-22(21)25(17-29)9-13-28(14-10-25)15-20-7-11-26-12-8-20/h3-6,19-20,26-27H,7-17H2,1-2H3. The zero-order chi connectivity index (χ0) is 21.4. The molecule has 0 saturated carbocycles. The predicted octanol–water partition coefficient (Wildman–Crippen LogP) is 2.56. The predicted molar refractivity (Wildman–Crippen MR) is 121 cm³/mol. The molecule has 4 aliphatic heterocycles. The number of nitrogens with one attached hydrogen (secondary N) is 2. The van der Waals surface area contributed by atoms with Crippen molar-refractivity contribution in [1.29, 1.82) is 0 Å². The maximum Gasteiger partial charge on any atom is 0.273 e. The van der Waals surface area contributed by atoms with Gasteiger partial charge in [-0.25, -0.2) is 0 Å². The van der Waals surface area contributed by atoms with Gasteiger partial charge in [0.25, 0.3) is 5.91 Å². The van der Waals surface area contributed by atoms with Crippen molar-refractivity contribution in [2.45, 2.75) is 57.7 Å². The lowest BCUT2D eigenvalue weighted by Gasteiger charge is -2.49. The molecule has 0 aliphatic carbocycles. The van der Waals surface area contributed by atoms with Gasteiger partial charge < -0.3 is 25.2 Å². The molecule has 2 saturated heterocycles. The van der Waals surface area contributed by atoms with Crippen LogP contribution in [0.25, 0.3) is 0 Å². The summed E-state index contributed by atoms with van der Waals surface area (Å²) < 4.78 is 5.69. The van der Waals surface area contributed by atoms with E-state index in [2.05, 4.69) is 44.7 Å². The highest BCUT2D eigenvalue weighted by molar-refractivity contribution is 5.94. The second-order valence-electron chi connectivity index (χ2n) is 9.93. The molecule has 4 heterocycles. The van der Waals surface area contributed by atoms with E-state index in [0.29, 0.717) is 18.0 Å². The molecule has 0 aromatic heterocycles. The van der Waals surface area contributed by atoms with Crippen LogP contribution in [0, 0.1) is 5.92 Å². The monoisotopic (exact) mass is 424 g/mol. The van der Waals surface area contributed by atoms with Gasteiger partial charge in [-0.05, 0) is 82.8 Å². The van der Waals surface area contributed by atoms with E-state index in [0.717, 1.165) is 38.4 Å². The van der Waals surface area contributed by atoms with E-state index >= 15 is 0 Å². The number of hydrogen-bond donors (Lipinski definition) is 2. The number of carbonyl (C=O) groups excluding carboxylic acids is 1. The Labute approximate surface area is 186 Å². The van der Waals surface area contributed by atoms with Gasteiger partial charge in [-0.3, -0.25) is 4.79 Å². The van der Waals surface area contributed by atoms with Crippen LogP contribution in [0.3, 0.4) is 0 Å². The first-order chi connectivity index (χ1) is 15.0. The molecule has 2 N–H and O–H groups in total. The fraction of sp³-hybridized carbons (Fsp3) is 0.640. The third-order valence-electron chi connectivity index (χ3n) is 7.79. The Bertz CT molecular complexity index is 853. The van der Waals surface area contributed by atoms with E-state index in [-0.39, 0.29) is 17.6 Å². The molecule has 6 heteroatoms. The van der Waals surface area contributed by atoms with E-state index in [4.69, 9.17) is 4.74 Å². The van der Waals surface area contributed by atoms with Gasteiger partial charge >= 0.3 is 0 Å². The largest absolute Gasteiger partial charge is 0.473 e. The Hall–Kier alpha value is -2.05. The van der Waals surface area contributed by atoms with Gasteiger partial charge in [-0.15, -0.1) is 0 Å². The van der Waals surface area contributed by atoms with E-state index in [1.165, 1.54) is 43.6 Å². The van der Waals surface area contributed by atoms with Gasteiger partial charge in [0.05, 0.1) is 0 Å². The summed E-state index contributed by atoms with van der Waals surface area (Å²) in [6.45, 7) is 11.1. The summed E-state index contributed by atoms with van der Waals surface area (Å²) in [7, 11) is 0. The summed E-state index contributed by atoms with van der Waals surface area (Å²) in [4.78, 5) is 18.2. The molecule has 31 heavy (non-hydrogen) atoms. The van der Waals surface area contributed by atoms with E-state index in [9.17, 15) is 4.79 Å². The van der Waals surface area contributed by atoms with Gasteiger partial charge in [-0.2, -0.15) is 0 Å². The lowest BCUT2D eigenvalue weighted by molar-refractivity contribution is -0.130. The van der Waals surface area contributed by atoms with Gasteiger partial charge in [-0.1, -0.05) is 24.3 Å². The van der Waals surface area contributed by atoms with Crippen molar-refractivity contribution >= 4 is 5.91 Å². The zero-order valence-electron chi connectivity index (χ0n) is 19.0. The number of amides is 1. The van der Waals surface area contributed by atoms with Gasteiger partial charge in [0.1, 0.15) is 11.5 Å². The number of ether oxygens (including phenoxy) is 1. The van der Waals surface area contributed by atoms with Crippen LogP contribution in [-0.2, 0) is 21.5 Å². The maximum atomic E-state index is 13.4. The van der Waals surface area contributed by atoms with Crippen molar-refractivity contribution < 1.29 is 9.53 Å². The molecule has 1 atom stereocenters. The Morgan fingerprint density at radius 3 is 2.65 bits per heavy atom. The third kappa shape index (κ3) is 4.08. The molecule has 1 aromatic rings. The molecule has 168 valence electrons. The number of allylic oxidation sites excluding steroid dienone is 1. The SMILES string of the molecule is CC1=C(C(=O)N2Cc3ccccc3C3(CCN(CC4CCNCC4)CC3)C2)NC(C)O1. The lowest BCUT2D eigenvalue weighted by atomic mass is 9.68. The van der Waals surface area contributed by atoms with Crippen molar-refractivity contribution in [2.24, 2.45) is 5.92 Å². The molecule has 2 fully saturated rings. The van der Waals surface area contributed by atoms with Crippen LogP contribution in [0.15, 0.2) is 35.7 Å². The second kappa shape index (κ2) is 8.47. The summed E-state index contributed by atoms with van der Waals surface area (Å²) >= 11 is 0. The molecule has 5 rings (SSSR count). The van der Waals surface area contributed by atoms with Crippen molar-refractivity contribution in [3.63, 3.8) is 0 Å². The molecular weight excluding hydrogens is 388 g/mol. The smallest absolute Gasteiger partial charge is 0.273 e. The third-order valence-corrected chi connectivity index (χ3v) is 7.79. The quantitative estimate of drug-likeness (QED) is 0.781. The molecule has 1 unspecified atom stereocenters. The average Bonchev–Trinajstić information content (AvgIpc) is 3.13. The van der Waals surface area contributed by atoms with Crippen LogP contribution < -0.4 is 10.6 Å². The highest BCUT2D eigenvalue weighted by Crippen LogP contribution is 2.42. The fourth-order valence-corrected chi connectivity index (χ4v) is 6.08. The van der Waals surface area contributed by atoms with E-state index in [1.807, 2.05) is 13.8 Å². The van der Waals surface area contributed by atoms with Gasteiger partial charge in [0.2, 0.25) is 0 Å². The number of nitrogens with zero attached hydrogens (tertiary/aromatic N) is 2. The Kier molecular flexibility index (Phi) is 5.69. The number of hydrogen-bond acceptors (Lipinski definition) is 5. The number of rotatable bonds is 3. The van der Waals surface area contributed by atoms with Crippen molar-refractivity contribution in [2.75, 3.05) is 39.3 Å². The number of benzene rings is 1. The molecule has 0 bridgehead atoms. The van der Waals surface area contributed by atoms with Gasteiger partial charge in [0, 0.05) is 25.0 Å². The van der Waals surface area contributed by atoms with Crippen molar-refractivity contribution in [3.8, 4) is 0 Å². The van der Waals surface area contributed by atoms with Crippen LogP contribution in [-0.4, -0.2) is 61.2 Å². The highest BCUT2D eigenvalue weighted by atomic mass is 16.5. The molecule has 1 amide bonds. The minimum absolute atomic E-state index is 0.0642. The van der Waals surface area contributed by atoms with Crippen LogP contribution in [0.2, 0.25) is 0 Å². The topological polar surface area (TPSA) is 56.8 Å². The second-order valence-corrected chi connectivity index (χ2v) is 9.93. The minimum atomic E-state index is -0.136. The Morgan fingerprint density at radius 1 is 1.19 bits per heavy atom. The Morgan fingerprint density at radius 2 is 1.94 bits per heavy atom. The van der Waals surface area contributed by atoms with Crippen molar-refractivity contribution in [3.05, 3.63) is 46.8 Å². The number of likely N-dealkylation sites (tertiary alicyclic amines) is 1. The fourth-order valence-electron chi connectivity index (χ4n) is 6.08. The average molecular weight is 425 g/mol. The van der Waals surface area contributed by atoms with E-state index < -0.39 is 0 Å². The lowest BCUT2D eigenvalue weighted by Crippen LogP contribution is -2.54. The molecule has 6 nitrogen and oxygen atoms in total. The first-order valence-corrected chi connectivity index (χ1v) is 12.0. The molecule has 1 aromatic carbocycles. The summed E-state index contributed by atoms with van der Waals surface area (Å²) in [6, 6.07) is 8.79. The molecule has 4 aliphatic rings. The molecule has 0 radical (unpaired) electrons. The maximum absolute atomic E-state index is 13.4. The van der Waals surface area contributed by atoms with Gasteiger partial charge in [0.15, 0.2) is 6.23 Å². The van der Waals surface area contributed by atoms with Crippen LogP contribution in [0.5, 0.6) is 0 Å². The normalized spacial score (nSPS) is 26.5. The number of piperidine rings is 2. The number of fused-ring (bicyclic) bond motifs is 2. The summed E-state index contributed by atoms with van der Waals surface area (Å²) in [6.07, 6.45) is 4.71. The number of carbonyl (C=O) groups is 1. The zero-order valence-corrected chi connectivity index (χ0v) is 19.0. The van der Waals surface area contributed by atoms with Crippen LogP contribution >= 0.6 is 0 Å². The Balaban J connectivity index is 1.33. The van der Waals surface area contributed by atoms with Crippen LogP contribution in [0.4, 0.5) is 0 Å². The minimum Gasteiger partial charge on any atom is -0.473 e. The first kappa shape index (κ1) is 20.8. The summed E-state index contributed by atoms with van der Waals surface area (Å²) in [5.74, 6) is 1.62. The highest BCUT2D eigenvalue weighted by Gasteiger charge is 2.44. The van der Waals surface area contributed by atoms with Crippen molar-refractivity contribution in [1.82, 2.24) is 20.4 Å².